The molecular weight excluding hydrogens is 258 g/mol. The van der Waals surface area contributed by atoms with Crippen molar-refractivity contribution in [1.29, 1.82) is 0 Å². The summed E-state index contributed by atoms with van der Waals surface area (Å²) in [6.07, 6.45) is 6.75. The highest BCUT2D eigenvalue weighted by atomic mass is 16.3. The van der Waals surface area contributed by atoms with E-state index in [1.54, 1.807) is 0 Å². The molecular formula is C19H27NO. The standard InChI is InChI=1S/C19H27NO/c1-19(2)16-4-3-9-20(12-13-5-6-13)18(16)10-14-7-8-15(21)11-17(14)19/h7-8,11,13,16,18,21H,3-6,9-10,12H2,1-2H3/t16-,18+/m1/s1. The molecule has 0 amide bonds. The van der Waals surface area contributed by atoms with Crippen molar-refractivity contribution in [3.8, 4) is 5.75 Å². The van der Waals surface area contributed by atoms with Gasteiger partial charge in [0, 0.05) is 12.6 Å². The van der Waals surface area contributed by atoms with Crippen molar-refractivity contribution in [2.75, 3.05) is 13.1 Å². The Hall–Kier alpha value is -1.02. The fourth-order valence-corrected chi connectivity index (χ4v) is 4.87. The zero-order valence-electron chi connectivity index (χ0n) is 13.3. The van der Waals surface area contributed by atoms with Gasteiger partial charge in [0.2, 0.25) is 0 Å². The normalized spacial score (nSPS) is 31.5. The zero-order chi connectivity index (χ0) is 14.6. The molecule has 1 saturated carbocycles. The molecule has 0 bridgehead atoms. The van der Waals surface area contributed by atoms with E-state index in [0.29, 0.717) is 11.8 Å². The van der Waals surface area contributed by atoms with Crippen molar-refractivity contribution in [1.82, 2.24) is 4.90 Å². The molecule has 2 fully saturated rings. The molecule has 2 nitrogen and oxygen atoms in total. The van der Waals surface area contributed by atoms with E-state index in [4.69, 9.17) is 0 Å². The van der Waals surface area contributed by atoms with E-state index >= 15 is 0 Å². The maximum Gasteiger partial charge on any atom is 0.115 e. The number of phenols is 1. The monoisotopic (exact) mass is 285 g/mol. The minimum absolute atomic E-state index is 0.180. The van der Waals surface area contributed by atoms with E-state index in [9.17, 15) is 5.11 Å². The minimum Gasteiger partial charge on any atom is -0.508 e. The van der Waals surface area contributed by atoms with E-state index in [1.165, 1.54) is 56.3 Å². The van der Waals surface area contributed by atoms with Crippen LogP contribution in [0.25, 0.3) is 0 Å². The fraction of sp³-hybridized carbons (Fsp3) is 0.684. The molecule has 1 aliphatic heterocycles. The van der Waals surface area contributed by atoms with Crippen LogP contribution in [0.3, 0.4) is 0 Å². The van der Waals surface area contributed by atoms with Gasteiger partial charge in [-0.15, -0.1) is 0 Å². The molecule has 2 atom stereocenters. The van der Waals surface area contributed by atoms with Gasteiger partial charge in [0.25, 0.3) is 0 Å². The summed E-state index contributed by atoms with van der Waals surface area (Å²) in [6.45, 7) is 7.40. The fourth-order valence-electron chi connectivity index (χ4n) is 4.87. The third-order valence-corrected chi connectivity index (χ3v) is 6.23. The summed E-state index contributed by atoms with van der Waals surface area (Å²) < 4.78 is 0. The predicted octanol–water partition coefficient (Wildman–Crippen LogP) is 3.72. The third-order valence-electron chi connectivity index (χ3n) is 6.23. The number of hydrogen-bond donors (Lipinski definition) is 1. The second-order valence-electron chi connectivity index (χ2n) is 8.02. The average molecular weight is 285 g/mol. The Bertz CT molecular complexity index is 546. The molecule has 114 valence electrons. The third kappa shape index (κ3) is 2.28. The zero-order valence-corrected chi connectivity index (χ0v) is 13.3. The van der Waals surface area contributed by atoms with E-state index in [2.05, 4.69) is 24.8 Å². The molecule has 0 spiro atoms. The van der Waals surface area contributed by atoms with Gasteiger partial charge in [-0.2, -0.15) is 0 Å². The smallest absolute Gasteiger partial charge is 0.115 e. The highest BCUT2D eigenvalue weighted by Crippen LogP contribution is 2.48. The van der Waals surface area contributed by atoms with Gasteiger partial charge in [-0.3, -0.25) is 4.90 Å². The van der Waals surface area contributed by atoms with Crippen LogP contribution < -0.4 is 0 Å². The molecule has 4 rings (SSSR count). The Morgan fingerprint density at radius 3 is 2.81 bits per heavy atom. The SMILES string of the molecule is CC1(C)c2cc(O)ccc2C[C@H]2[C@H]1CCCN2CC1CC1. The summed E-state index contributed by atoms with van der Waals surface area (Å²) in [6, 6.07) is 6.76. The van der Waals surface area contributed by atoms with Crippen molar-refractivity contribution >= 4 is 0 Å². The Labute approximate surface area is 128 Å². The summed E-state index contributed by atoms with van der Waals surface area (Å²) >= 11 is 0. The molecule has 0 radical (unpaired) electrons. The van der Waals surface area contributed by atoms with E-state index in [0.717, 1.165) is 11.8 Å². The lowest BCUT2D eigenvalue weighted by atomic mass is 9.60. The van der Waals surface area contributed by atoms with Crippen LogP contribution in [0.1, 0.15) is 50.7 Å². The number of nitrogens with zero attached hydrogens (tertiary/aromatic N) is 1. The van der Waals surface area contributed by atoms with E-state index < -0.39 is 0 Å². The Kier molecular flexibility index (Phi) is 3.08. The summed E-state index contributed by atoms with van der Waals surface area (Å²) in [5, 5.41) is 9.89. The number of benzene rings is 1. The van der Waals surface area contributed by atoms with Gasteiger partial charge >= 0.3 is 0 Å². The number of hydrogen-bond acceptors (Lipinski definition) is 2. The molecule has 2 heteroatoms. The lowest BCUT2D eigenvalue weighted by Crippen LogP contribution is -2.55. The van der Waals surface area contributed by atoms with Gasteiger partial charge in [-0.05, 0) is 79.2 Å². The Morgan fingerprint density at radius 1 is 1.24 bits per heavy atom. The van der Waals surface area contributed by atoms with Crippen molar-refractivity contribution in [3.05, 3.63) is 29.3 Å². The first-order valence-electron chi connectivity index (χ1n) is 8.62. The van der Waals surface area contributed by atoms with Crippen molar-refractivity contribution in [2.24, 2.45) is 11.8 Å². The van der Waals surface area contributed by atoms with Crippen LogP contribution in [0, 0.1) is 11.8 Å². The highest BCUT2D eigenvalue weighted by molar-refractivity contribution is 5.43. The number of likely N-dealkylation sites (tertiary alicyclic amines) is 1. The quantitative estimate of drug-likeness (QED) is 0.895. The van der Waals surface area contributed by atoms with E-state index in [-0.39, 0.29) is 5.41 Å². The second-order valence-corrected chi connectivity index (χ2v) is 8.02. The molecule has 1 heterocycles. The summed E-state index contributed by atoms with van der Waals surface area (Å²) in [5.41, 5.74) is 3.03. The number of piperidine rings is 1. The maximum absolute atomic E-state index is 9.89. The van der Waals surface area contributed by atoms with Crippen LogP contribution in [0.5, 0.6) is 5.75 Å². The molecule has 2 aliphatic carbocycles. The highest BCUT2D eigenvalue weighted by Gasteiger charge is 2.46. The molecule has 1 aromatic carbocycles. The number of fused-ring (bicyclic) bond motifs is 2. The first kappa shape index (κ1) is 13.6. The second kappa shape index (κ2) is 4.74. The van der Waals surface area contributed by atoms with Gasteiger partial charge in [-0.1, -0.05) is 19.9 Å². The van der Waals surface area contributed by atoms with Crippen LogP contribution in [-0.2, 0) is 11.8 Å². The summed E-state index contributed by atoms with van der Waals surface area (Å²) in [7, 11) is 0. The van der Waals surface area contributed by atoms with Crippen LogP contribution in [0.4, 0.5) is 0 Å². The average Bonchev–Trinajstić information content (AvgIpc) is 3.25. The summed E-state index contributed by atoms with van der Waals surface area (Å²) in [4.78, 5) is 2.80. The Morgan fingerprint density at radius 2 is 2.05 bits per heavy atom. The van der Waals surface area contributed by atoms with Crippen molar-refractivity contribution in [2.45, 2.75) is 57.4 Å². The van der Waals surface area contributed by atoms with Gasteiger partial charge in [0.1, 0.15) is 5.75 Å². The minimum atomic E-state index is 0.180. The van der Waals surface area contributed by atoms with Crippen LogP contribution in [0.2, 0.25) is 0 Å². The van der Waals surface area contributed by atoms with Crippen LogP contribution >= 0.6 is 0 Å². The Balaban J connectivity index is 1.70. The number of aromatic hydroxyl groups is 1. The molecule has 3 aliphatic rings. The first-order chi connectivity index (χ1) is 10.1. The molecule has 0 aromatic heterocycles. The summed E-state index contributed by atoms with van der Waals surface area (Å²) in [5.74, 6) is 2.14. The number of phenolic OH excluding ortho intramolecular Hbond substituents is 1. The van der Waals surface area contributed by atoms with Crippen LogP contribution in [-0.4, -0.2) is 29.1 Å². The number of rotatable bonds is 2. The van der Waals surface area contributed by atoms with Gasteiger partial charge in [0.15, 0.2) is 0 Å². The van der Waals surface area contributed by atoms with Crippen LogP contribution in [0.15, 0.2) is 18.2 Å². The largest absolute Gasteiger partial charge is 0.508 e. The van der Waals surface area contributed by atoms with Crippen molar-refractivity contribution in [3.63, 3.8) is 0 Å². The maximum atomic E-state index is 9.89. The molecule has 1 aromatic rings. The van der Waals surface area contributed by atoms with Gasteiger partial charge in [0.05, 0.1) is 0 Å². The van der Waals surface area contributed by atoms with Gasteiger partial charge in [-0.25, -0.2) is 0 Å². The molecule has 1 saturated heterocycles. The molecule has 0 unspecified atom stereocenters. The predicted molar refractivity (Wildman–Crippen MR) is 85.6 cm³/mol. The molecule has 21 heavy (non-hydrogen) atoms. The first-order valence-corrected chi connectivity index (χ1v) is 8.62. The topological polar surface area (TPSA) is 23.5 Å². The van der Waals surface area contributed by atoms with E-state index in [1.807, 2.05) is 12.1 Å². The van der Waals surface area contributed by atoms with Gasteiger partial charge < -0.3 is 5.11 Å². The van der Waals surface area contributed by atoms with Crippen molar-refractivity contribution < 1.29 is 5.11 Å². The molecule has 1 N–H and O–H groups in total. The lowest BCUT2D eigenvalue weighted by Gasteiger charge is -2.52. The lowest BCUT2D eigenvalue weighted by molar-refractivity contribution is 0.0408.